The predicted molar refractivity (Wildman–Crippen MR) is 35.0 cm³/mol. The molecule has 0 spiro atoms. The Labute approximate surface area is 55.8 Å². The van der Waals surface area contributed by atoms with Gasteiger partial charge in [-0.3, -0.25) is 0 Å². The van der Waals surface area contributed by atoms with Crippen LogP contribution in [0.5, 0.6) is 0 Å². The van der Waals surface area contributed by atoms with Crippen LogP contribution in [0.3, 0.4) is 0 Å². The first-order chi connectivity index (χ1) is 4.16. The third-order valence-corrected chi connectivity index (χ3v) is 2.15. The van der Waals surface area contributed by atoms with Gasteiger partial charge in [-0.25, -0.2) is 0 Å². The fourth-order valence-electron chi connectivity index (χ4n) is 1.08. The number of ether oxygens (including phenoxy) is 1. The lowest BCUT2D eigenvalue weighted by Gasteiger charge is -2.17. The summed E-state index contributed by atoms with van der Waals surface area (Å²) >= 11 is 0. The van der Waals surface area contributed by atoms with E-state index in [2.05, 4.69) is 13.8 Å². The van der Waals surface area contributed by atoms with E-state index in [0.29, 0.717) is 6.61 Å². The quantitative estimate of drug-likeness (QED) is 0.576. The first kappa shape index (κ1) is 7.03. The van der Waals surface area contributed by atoms with Crippen LogP contribution in [0.1, 0.15) is 26.7 Å². The zero-order chi connectivity index (χ0) is 6.91. The maximum absolute atomic E-state index is 8.97. The Bertz CT molecular complexity index is 103. The Balaban J connectivity index is 2.45. The van der Waals surface area contributed by atoms with E-state index in [1.165, 1.54) is 0 Å². The summed E-state index contributed by atoms with van der Waals surface area (Å²) in [6.07, 6.45) is 1.38. The van der Waals surface area contributed by atoms with Crippen LogP contribution in [0.25, 0.3) is 0 Å². The fraction of sp³-hybridized carbons (Fsp3) is 1.00. The molecule has 54 valence electrons. The molecule has 2 nitrogen and oxygen atoms in total. The van der Waals surface area contributed by atoms with Gasteiger partial charge in [-0.1, -0.05) is 13.8 Å². The lowest BCUT2D eigenvalue weighted by atomic mass is 9.87. The van der Waals surface area contributed by atoms with Crippen LogP contribution in [0.4, 0.5) is 0 Å². The second kappa shape index (κ2) is 2.27. The van der Waals surface area contributed by atoms with Gasteiger partial charge in [0.25, 0.3) is 0 Å². The molecule has 1 saturated heterocycles. The van der Waals surface area contributed by atoms with Gasteiger partial charge in [0, 0.05) is 6.42 Å². The van der Waals surface area contributed by atoms with Gasteiger partial charge in [0.15, 0.2) is 6.29 Å². The minimum Gasteiger partial charge on any atom is -0.368 e. The van der Waals surface area contributed by atoms with E-state index in [1.54, 1.807) is 0 Å². The number of hydrogen-bond acceptors (Lipinski definition) is 2. The van der Waals surface area contributed by atoms with Gasteiger partial charge in [0.05, 0.1) is 6.61 Å². The zero-order valence-corrected chi connectivity index (χ0v) is 6.05. The van der Waals surface area contributed by atoms with Gasteiger partial charge in [-0.2, -0.15) is 0 Å². The van der Waals surface area contributed by atoms with Crippen molar-refractivity contribution in [3.8, 4) is 0 Å². The maximum atomic E-state index is 8.97. The summed E-state index contributed by atoms with van der Waals surface area (Å²) in [4.78, 5) is 0. The third-order valence-electron chi connectivity index (χ3n) is 2.15. The molecule has 1 heterocycles. The van der Waals surface area contributed by atoms with Gasteiger partial charge in [-0.05, 0) is 11.8 Å². The van der Waals surface area contributed by atoms with Gasteiger partial charge in [-0.15, -0.1) is 0 Å². The lowest BCUT2D eigenvalue weighted by Crippen LogP contribution is -2.14. The topological polar surface area (TPSA) is 29.5 Å². The third kappa shape index (κ3) is 1.43. The Morgan fingerprint density at radius 3 is 2.67 bits per heavy atom. The van der Waals surface area contributed by atoms with Crippen LogP contribution < -0.4 is 0 Å². The molecule has 1 aliphatic rings. The highest BCUT2D eigenvalue weighted by Crippen LogP contribution is 2.33. The zero-order valence-electron chi connectivity index (χ0n) is 6.05. The molecule has 0 unspecified atom stereocenters. The molecule has 0 radical (unpaired) electrons. The highest BCUT2D eigenvalue weighted by molar-refractivity contribution is 4.78. The Morgan fingerprint density at radius 2 is 2.44 bits per heavy atom. The largest absolute Gasteiger partial charge is 0.368 e. The molecular formula is C7H14O2. The first-order valence-corrected chi connectivity index (χ1v) is 3.46. The van der Waals surface area contributed by atoms with Crippen molar-refractivity contribution in [2.24, 2.45) is 5.41 Å². The Kier molecular flexibility index (Phi) is 1.78. The van der Waals surface area contributed by atoms with Gasteiger partial charge in [0.2, 0.25) is 0 Å². The van der Waals surface area contributed by atoms with Crippen LogP contribution in [-0.2, 0) is 4.74 Å². The van der Waals surface area contributed by atoms with E-state index in [-0.39, 0.29) is 5.41 Å². The lowest BCUT2D eigenvalue weighted by molar-refractivity contribution is -0.0595. The standard InChI is InChI=1S/C7H14O2/c1-3-7(2)4-6(8)9-5-7/h6,8H,3-5H2,1-2H3/t6-,7+/m0/s1. The average molecular weight is 130 g/mol. The predicted octanol–water partition coefficient (Wildman–Crippen LogP) is 1.14. The van der Waals surface area contributed by atoms with Gasteiger partial charge < -0.3 is 9.84 Å². The van der Waals surface area contributed by atoms with Crippen molar-refractivity contribution >= 4 is 0 Å². The van der Waals surface area contributed by atoms with Crippen LogP contribution in [0, 0.1) is 5.41 Å². The summed E-state index contributed by atoms with van der Waals surface area (Å²) in [6, 6.07) is 0. The summed E-state index contributed by atoms with van der Waals surface area (Å²) in [5.74, 6) is 0. The summed E-state index contributed by atoms with van der Waals surface area (Å²) in [5.41, 5.74) is 0.236. The van der Waals surface area contributed by atoms with Crippen LogP contribution >= 0.6 is 0 Å². The molecule has 0 aromatic carbocycles. The van der Waals surface area contributed by atoms with E-state index >= 15 is 0 Å². The monoisotopic (exact) mass is 130 g/mol. The number of rotatable bonds is 1. The molecule has 0 aromatic rings. The SMILES string of the molecule is CC[C@@]1(C)CO[C@H](O)C1. The minimum atomic E-state index is -0.505. The van der Waals surface area contributed by atoms with Gasteiger partial charge in [0.1, 0.15) is 0 Å². The molecule has 1 fully saturated rings. The van der Waals surface area contributed by atoms with Crippen molar-refractivity contribution in [1.82, 2.24) is 0 Å². The highest BCUT2D eigenvalue weighted by Gasteiger charge is 2.33. The van der Waals surface area contributed by atoms with Crippen molar-refractivity contribution in [2.75, 3.05) is 6.61 Å². The Morgan fingerprint density at radius 1 is 1.78 bits per heavy atom. The molecule has 0 saturated carbocycles. The number of aliphatic hydroxyl groups excluding tert-OH is 1. The van der Waals surface area contributed by atoms with Crippen molar-refractivity contribution in [3.05, 3.63) is 0 Å². The summed E-state index contributed by atoms with van der Waals surface area (Å²) in [6.45, 7) is 4.98. The molecule has 9 heavy (non-hydrogen) atoms. The summed E-state index contributed by atoms with van der Waals surface area (Å²) in [7, 11) is 0. The molecule has 0 aromatic heterocycles. The van der Waals surface area contributed by atoms with E-state index in [0.717, 1.165) is 12.8 Å². The molecule has 0 aliphatic carbocycles. The molecule has 0 bridgehead atoms. The maximum Gasteiger partial charge on any atom is 0.155 e. The van der Waals surface area contributed by atoms with Gasteiger partial charge >= 0.3 is 0 Å². The smallest absolute Gasteiger partial charge is 0.155 e. The second-order valence-corrected chi connectivity index (χ2v) is 3.13. The van der Waals surface area contributed by atoms with E-state index < -0.39 is 6.29 Å². The van der Waals surface area contributed by atoms with Crippen molar-refractivity contribution in [1.29, 1.82) is 0 Å². The highest BCUT2D eigenvalue weighted by atomic mass is 16.6. The fourth-order valence-corrected chi connectivity index (χ4v) is 1.08. The summed E-state index contributed by atoms with van der Waals surface area (Å²) in [5, 5.41) is 8.97. The normalized spacial score (nSPS) is 43.7. The average Bonchev–Trinajstić information content (AvgIpc) is 2.13. The first-order valence-electron chi connectivity index (χ1n) is 3.46. The molecule has 0 amide bonds. The van der Waals surface area contributed by atoms with Crippen molar-refractivity contribution in [2.45, 2.75) is 33.0 Å². The number of hydrogen-bond donors (Lipinski definition) is 1. The summed E-state index contributed by atoms with van der Waals surface area (Å²) < 4.78 is 5.01. The van der Waals surface area contributed by atoms with E-state index in [9.17, 15) is 0 Å². The van der Waals surface area contributed by atoms with E-state index in [4.69, 9.17) is 9.84 Å². The molecular weight excluding hydrogens is 116 g/mol. The van der Waals surface area contributed by atoms with Crippen LogP contribution in [-0.4, -0.2) is 18.0 Å². The molecule has 1 aliphatic heterocycles. The van der Waals surface area contributed by atoms with Crippen molar-refractivity contribution in [3.63, 3.8) is 0 Å². The molecule has 1 rings (SSSR count). The molecule has 1 N–H and O–H groups in total. The molecule has 2 atom stereocenters. The molecule has 2 heteroatoms. The van der Waals surface area contributed by atoms with E-state index in [1.807, 2.05) is 0 Å². The second-order valence-electron chi connectivity index (χ2n) is 3.13. The minimum absolute atomic E-state index is 0.236. The number of aliphatic hydroxyl groups is 1. The van der Waals surface area contributed by atoms with Crippen LogP contribution in [0.15, 0.2) is 0 Å². The van der Waals surface area contributed by atoms with Crippen molar-refractivity contribution < 1.29 is 9.84 Å². The van der Waals surface area contributed by atoms with Crippen LogP contribution in [0.2, 0.25) is 0 Å². The Hall–Kier alpha value is -0.0800.